The van der Waals surface area contributed by atoms with Crippen molar-refractivity contribution >= 4 is 24.0 Å². The molecule has 0 radical (unpaired) electrons. The van der Waals surface area contributed by atoms with Gasteiger partial charge in [-0.1, -0.05) is 17.7 Å². The predicted octanol–water partition coefficient (Wildman–Crippen LogP) is 3.74. The van der Waals surface area contributed by atoms with Crippen LogP contribution in [0.1, 0.15) is 5.69 Å². The summed E-state index contributed by atoms with van der Waals surface area (Å²) in [5, 5.41) is 0.679. The number of rotatable bonds is 3. The smallest absolute Gasteiger partial charge is 0.160 e. The fourth-order valence-corrected chi connectivity index (χ4v) is 2.10. The quantitative estimate of drug-likeness (QED) is 0.793. The normalized spacial score (nSPS) is 10.1. The second-order valence-corrected chi connectivity index (χ2v) is 4.93. The Labute approximate surface area is 139 Å². The molecule has 3 aromatic rings. The second kappa shape index (κ2) is 7.31. The molecule has 0 aliphatic carbocycles. The topological polar surface area (TPSA) is 64.7 Å². The lowest BCUT2D eigenvalue weighted by atomic mass is 10.2. The minimum Gasteiger partial charge on any atom is -0.325 e. The van der Waals surface area contributed by atoms with E-state index in [1.54, 1.807) is 6.20 Å². The van der Waals surface area contributed by atoms with Crippen molar-refractivity contribution in [2.24, 2.45) is 5.73 Å². The van der Waals surface area contributed by atoms with E-state index in [0.717, 1.165) is 22.6 Å². The Kier molecular flexibility index (Phi) is 5.44. The number of benzene rings is 1. The summed E-state index contributed by atoms with van der Waals surface area (Å²) in [4.78, 5) is 13.4. The highest BCUT2D eigenvalue weighted by Crippen LogP contribution is 2.22. The van der Waals surface area contributed by atoms with E-state index in [9.17, 15) is 0 Å². The third-order valence-corrected chi connectivity index (χ3v) is 3.27. The van der Waals surface area contributed by atoms with Crippen molar-refractivity contribution in [2.45, 2.75) is 6.54 Å². The van der Waals surface area contributed by atoms with Crippen LogP contribution < -0.4 is 5.73 Å². The molecule has 0 fully saturated rings. The summed E-state index contributed by atoms with van der Waals surface area (Å²) in [7, 11) is 0. The fraction of sp³-hybridized carbons (Fsp3) is 0.0625. The zero-order chi connectivity index (χ0) is 14.7. The minimum absolute atomic E-state index is 0. The van der Waals surface area contributed by atoms with Crippen LogP contribution in [0.25, 0.3) is 22.8 Å². The number of aromatic nitrogens is 3. The number of hydrogen-bond donors (Lipinski definition) is 1. The van der Waals surface area contributed by atoms with Crippen LogP contribution in [-0.2, 0) is 6.54 Å². The van der Waals surface area contributed by atoms with Gasteiger partial charge in [0, 0.05) is 23.3 Å². The average molecular weight is 333 g/mol. The van der Waals surface area contributed by atoms with Crippen LogP contribution in [0.3, 0.4) is 0 Å². The van der Waals surface area contributed by atoms with Crippen molar-refractivity contribution in [3.8, 4) is 22.8 Å². The van der Waals surface area contributed by atoms with Gasteiger partial charge < -0.3 is 5.73 Å². The van der Waals surface area contributed by atoms with Gasteiger partial charge in [0.15, 0.2) is 5.82 Å². The van der Waals surface area contributed by atoms with E-state index in [2.05, 4.69) is 15.0 Å². The minimum atomic E-state index is 0. The first kappa shape index (κ1) is 16.4. The SMILES string of the molecule is Cl.NCc1cc(-c2ccccn2)nc(-c2ccc(Cl)cc2)n1. The molecule has 0 bridgehead atoms. The van der Waals surface area contributed by atoms with Crippen molar-refractivity contribution in [2.75, 3.05) is 0 Å². The molecule has 22 heavy (non-hydrogen) atoms. The third-order valence-electron chi connectivity index (χ3n) is 3.02. The molecule has 1 aromatic carbocycles. The molecule has 112 valence electrons. The first-order valence-corrected chi connectivity index (χ1v) is 6.89. The Morgan fingerprint density at radius 3 is 2.36 bits per heavy atom. The van der Waals surface area contributed by atoms with Crippen LogP contribution in [0.15, 0.2) is 54.7 Å². The van der Waals surface area contributed by atoms with Crippen LogP contribution in [0, 0.1) is 0 Å². The molecule has 3 rings (SSSR count). The Hall–Kier alpha value is -2.01. The van der Waals surface area contributed by atoms with Crippen LogP contribution >= 0.6 is 24.0 Å². The van der Waals surface area contributed by atoms with Gasteiger partial charge in [0.25, 0.3) is 0 Å². The van der Waals surface area contributed by atoms with E-state index in [1.165, 1.54) is 0 Å². The zero-order valence-corrected chi connectivity index (χ0v) is 13.2. The zero-order valence-electron chi connectivity index (χ0n) is 11.6. The van der Waals surface area contributed by atoms with E-state index in [4.69, 9.17) is 17.3 Å². The van der Waals surface area contributed by atoms with Gasteiger partial charge in [0.1, 0.15) is 0 Å². The third kappa shape index (κ3) is 3.60. The molecule has 0 amide bonds. The maximum atomic E-state index is 5.91. The van der Waals surface area contributed by atoms with Crippen molar-refractivity contribution in [1.29, 1.82) is 0 Å². The molecule has 2 N–H and O–H groups in total. The van der Waals surface area contributed by atoms with E-state index < -0.39 is 0 Å². The second-order valence-electron chi connectivity index (χ2n) is 4.49. The number of nitrogens with two attached hydrogens (primary N) is 1. The Morgan fingerprint density at radius 1 is 0.955 bits per heavy atom. The highest BCUT2D eigenvalue weighted by atomic mass is 35.5. The van der Waals surface area contributed by atoms with E-state index in [1.807, 2.05) is 48.5 Å². The molecule has 2 heterocycles. The van der Waals surface area contributed by atoms with Gasteiger partial charge in [0.2, 0.25) is 0 Å². The predicted molar refractivity (Wildman–Crippen MR) is 90.8 cm³/mol. The molecule has 0 saturated carbocycles. The van der Waals surface area contributed by atoms with Gasteiger partial charge in [-0.2, -0.15) is 0 Å². The van der Waals surface area contributed by atoms with Crippen LogP contribution in [0.2, 0.25) is 5.02 Å². The average Bonchev–Trinajstić information content (AvgIpc) is 2.56. The summed E-state index contributed by atoms with van der Waals surface area (Å²) >= 11 is 5.91. The van der Waals surface area contributed by atoms with Gasteiger partial charge in [-0.3, -0.25) is 4.98 Å². The Morgan fingerprint density at radius 2 is 1.73 bits per heavy atom. The first-order valence-electron chi connectivity index (χ1n) is 6.51. The lowest BCUT2D eigenvalue weighted by Gasteiger charge is -2.07. The molecule has 0 aliphatic heterocycles. The standard InChI is InChI=1S/C16H13ClN4.ClH/c17-12-6-4-11(5-7-12)16-20-13(10-18)9-15(21-16)14-3-1-2-8-19-14;/h1-9H,10,18H2;1H. The Bertz CT molecular complexity index is 746. The highest BCUT2D eigenvalue weighted by Gasteiger charge is 2.08. The highest BCUT2D eigenvalue weighted by molar-refractivity contribution is 6.30. The van der Waals surface area contributed by atoms with E-state index >= 15 is 0 Å². The van der Waals surface area contributed by atoms with Crippen LogP contribution in [-0.4, -0.2) is 15.0 Å². The van der Waals surface area contributed by atoms with Crippen molar-refractivity contribution < 1.29 is 0 Å². The molecule has 2 aromatic heterocycles. The molecule has 0 unspecified atom stereocenters. The van der Waals surface area contributed by atoms with Gasteiger partial charge >= 0.3 is 0 Å². The summed E-state index contributed by atoms with van der Waals surface area (Å²) in [6.45, 7) is 0.350. The largest absolute Gasteiger partial charge is 0.325 e. The molecular formula is C16H14Cl2N4. The number of halogens is 2. The molecule has 0 spiro atoms. The molecule has 0 saturated heterocycles. The molecule has 0 atom stereocenters. The van der Waals surface area contributed by atoms with Crippen molar-refractivity contribution in [1.82, 2.24) is 15.0 Å². The number of nitrogens with zero attached hydrogens (tertiary/aromatic N) is 3. The van der Waals surface area contributed by atoms with E-state index in [-0.39, 0.29) is 12.4 Å². The lowest BCUT2D eigenvalue weighted by Crippen LogP contribution is -2.03. The van der Waals surface area contributed by atoms with E-state index in [0.29, 0.717) is 17.4 Å². The maximum absolute atomic E-state index is 5.91. The summed E-state index contributed by atoms with van der Waals surface area (Å²) in [6, 6.07) is 15.0. The summed E-state index contributed by atoms with van der Waals surface area (Å²) in [5.74, 6) is 0.621. The molecule has 0 aliphatic rings. The van der Waals surface area contributed by atoms with Crippen LogP contribution in [0.4, 0.5) is 0 Å². The van der Waals surface area contributed by atoms with Gasteiger partial charge in [0.05, 0.1) is 17.1 Å². The van der Waals surface area contributed by atoms with Crippen molar-refractivity contribution in [3.05, 3.63) is 65.4 Å². The van der Waals surface area contributed by atoms with Crippen molar-refractivity contribution in [3.63, 3.8) is 0 Å². The molecular weight excluding hydrogens is 319 g/mol. The van der Waals surface area contributed by atoms with Gasteiger partial charge in [-0.15, -0.1) is 12.4 Å². The number of hydrogen-bond acceptors (Lipinski definition) is 4. The summed E-state index contributed by atoms with van der Waals surface area (Å²) in [5.41, 5.74) is 8.96. The lowest BCUT2D eigenvalue weighted by molar-refractivity contribution is 0.970. The fourth-order valence-electron chi connectivity index (χ4n) is 1.98. The maximum Gasteiger partial charge on any atom is 0.160 e. The Balaban J connectivity index is 0.00000176. The summed E-state index contributed by atoms with van der Waals surface area (Å²) < 4.78 is 0. The molecule has 6 heteroatoms. The summed E-state index contributed by atoms with van der Waals surface area (Å²) in [6.07, 6.45) is 1.74. The number of pyridine rings is 1. The first-order chi connectivity index (χ1) is 10.3. The monoisotopic (exact) mass is 332 g/mol. The molecule has 4 nitrogen and oxygen atoms in total. The van der Waals surface area contributed by atoms with Gasteiger partial charge in [-0.05, 0) is 42.5 Å². The van der Waals surface area contributed by atoms with Crippen LogP contribution in [0.5, 0.6) is 0 Å². The van der Waals surface area contributed by atoms with Gasteiger partial charge in [-0.25, -0.2) is 9.97 Å².